The molecule has 0 aliphatic carbocycles. The summed E-state index contributed by atoms with van der Waals surface area (Å²) < 4.78 is 31.5. The number of aliphatic imine (C=N–C) groups is 1. The minimum atomic E-state index is -4.64. The van der Waals surface area contributed by atoms with Gasteiger partial charge in [0.25, 0.3) is 5.91 Å². The number of aliphatic hydroxyl groups excluding tert-OH is 1. The van der Waals surface area contributed by atoms with Gasteiger partial charge in [0.1, 0.15) is 5.75 Å². The van der Waals surface area contributed by atoms with Crippen molar-refractivity contribution in [1.29, 1.82) is 0 Å². The van der Waals surface area contributed by atoms with Crippen molar-refractivity contribution in [3.8, 4) is 5.75 Å². The summed E-state index contributed by atoms with van der Waals surface area (Å²) >= 11 is 9.14. The molecule has 7 N–H and O–H groups in total. The summed E-state index contributed by atoms with van der Waals surface area (Å²) in [5, 5.41) is 40.2. The van der Waals surface area contributed by atoms with Gasteiger partial charge in [-0.3, -0.25) is 24.2 Å². The zero-order valence-corrected chi connectivity index (χ0v) is 23.2. The van der Waals surface area contributed by atoms with Crippen LogP contribution < -0.4 is 21.3 Å². The molecule has 0 saturated heterocycles. The molecule has 0 bridgehead atoms. The normalized spacial score (nSPS) is 15.2. The number of nitrogens with one attached hydrogen (secondary N) is 4. The number of alkyl halides is 3. The summed E-state index contributed by atoms with van der Waals surface area (Å²) in [7, 11) is 0. The van der Waals surface area contributed by atoms with Gasteiger partial charge in [-0.05, 0) is 46.3 Å². The first-order chi connectivity index (χ1) is 19.2. The molecule has 0 radical (unpaired) electrons. The number of phenols is 1. The maximum absolute atomic E-state index is 12.6. The number of aliphatic hydroxyl groups is 1. The molecule has 1 heterocycles. The molecule has 222 valence electrons. The molecular weight excluding hydrogens is 643 g/mol. The number of benzene rings is 2. The van der Waals surface area contributed by atoms with Crippen LogP contribution in [0.1, 0.15) is 28.4 Å². The number of hydrogen-bond acceptors (Lipinski definition) is 9. The van der Waals surface area contributed by atoms with E-state index in [-0.39, 0.29) is 32.9 Å². The van der Waals surface area contributed by atoms with Gasteiger partial charge in [-0.25, -0.2) is 0 Å². The van der Waals surface area contributed by atoms with E-state index < -0.39 is 55.4 Å². The number of carboxylic acids is 1. The number of aromatic hydroxyl groups is 1. The Bertz CT molecular complexity index is 1310. The predicted molar refractivity (Wildman–Crippen MR) is 145 cm³/mol. The van der Waals surface area contributed by atoms with Gasteiger partial charge >= 0.3 is 12.1 Å². The van der Waals surface area contributed by atoms with E-state index in [4.69, 9.17) is 16.4 Å². The number of amides is 2. The van der Waals surface area contributed by atoms with Crippen molar-refractivity contribution < 1.29 is 47.7 Å². The van der Waals surface area contributed by atoms with E-state index in [1.807, 2.05) is 0 Å². The van der Waals surface area contributed by atoms with E-state index >= 15 is 0 Å². The summed E-state index contributed by atoms with van der Waals surface area (Å²) in [6.07, 6.45) is -6.77. The predicted octanol–water partition coefficient (Wildman–Crippen LogP) is 2.35. The zero-order chi connectivity index (χ0) is 30.7. The van der Waals surface area contributed by atoms with E-state index in [9.17, 15) is 42.9 Å². The molecule has 12 nitrogen and oxygen atoms in total. The SMILES string of the molecule is O=C(O)C[C@@H](NC(=O)CNC(=O)c1cccc(NC2=NCC(O)CN2)c1)c1cc(Cl)cc(Br)c1O.O=CC(F)(F)F. The molecule has 0 aromatic heterocycles. The van der Waals surface area contributed by atoms with E-state index in [1.54, 1.807) is 24.3 Å². The molecule has 2 amide bonds. The fourth-order valence-corrected chi connectivity index (χ4v) is 4.10. The molecule has 41 heavy (non-hydrogen) atoms. The molecule has 0 saturated carbocycles. The second-order valence-corrected chi connectivity index (χ2v) is 9.61. The number of carbonyl (C=O) groups is 4. The van der Waals surface area contributed by atoms with Crippen molar-refractivity contribution in [2.45, 2.75) is 24.7 Å². The lowest BCUT2D eigenvalue weighted by molar-refractivity contribution is -0.156. The molecular formula is C24H24BrClF3N5O7. The lowest BCUT2D eigenvalue weighted by Crippen LogP contribution is -2.42. The Kier molecular flexibility index (Phi) is 12.4. The van der Waals surface area contributed by atoms with Gasteiger partial charge in [0.2, 0.25) is 12.2 Å². The number of aldehydes is 1. The molecule has 1 aliphatic heterocycles. The summed E-state index contributed by atoms with van der Waals surface area (Å²) in [5.74, 6) is -2.17. The molecule has 2 aromatic carbocycles. The van der Waals surface area contributed by atoms with Crippen molar-refractivity contribution in [3.05, 3.63) is 57.0 Å². The Balaban J connectivity index is 0.000000883. The summed E-state index contributed by atoms with van der Waals surface area (Å²) in [5.41, 5.74) is 0.975. The van der Waals surface area contributed by atoms with Gasteiger partial charge in [0.05, 0.1) is 36.1 Å². The first-order valence-electron chi connectivity index (χ1n) is 11.5. The van der Waals surface area contributed by atoms with Gasteiger partial charge in [-0.1, -0.05) is 17.7 Å². The van der Waals surface area contributed by atoms with Crippen LogP contribution in [0.3, 0.4) is 0 Å². The Morgan fingerprint density at radius 2 is 1.93 bits per heavy atom. The standard InChI is InChI=1S/C22H23BrClN5O6.C2HF3O/c23-16-6-12(24)5-15(20(16)34)17(7-19(32)33)29-18(31)10-25-21(35)11-2-1-3-13(4-11)28-22-26-8-14(30)9-27-22;3-2(4,5)1-6/h1-6,14,17,30,34H,7-10H2,(H,25,35)(H,29,31)(H,32,33)(H2,26,27,28);1H/t17-;/m1./s1. The van der Waals surface area contributed by atoms with Crippen LogP contribution in [0.4, 0.5) is 18.9 Å². The van der Waals surface area contributed by atoms with Gasteiger partial charge < -0.3 is 36.6 Å². The number of phenolic OH excluding ortho intramolecular Hbond substituents is 1. The average molecular weight is 667 g/mol. The van der Waals surface area contributed by atoms with Crippen LogP contribution in [-0.4, -0.2) is 77.3 Å². The minimum Gasteiger partial charge on any atom is -0.506 e. The van der Waals surface area contributed by atoms with Gasteiger partial charge in [-0.2, -0.15) is 13.2 Å². The molecule has 2 atom stereocenters. The van der Waals surface area contributed by atoms with Crippen molar-refractivity contribution in [2.24, 2.45) is 4.99 Å². The summed E-state index contributed by atoms with van der Waals surface area (Å²) in [6, 6.07) is 8.22. The highest BCUT2D eigenvalue weighted by Crippen LogP contribution is 2.36. The first-order valence-corrected chi connectivity index (χ1v) is 12.7. The Morgan fingerprint density at radius 1 is 1.24 bits per heavy atom. The number of guanidine groups is 1. The minimum absolute atomic E-state index is 0.122. The molecule has 0 spiro atoms. The van der Waals surface area contributed by atoms with E-state index in [2.05, 4.69) is 42.2 Å². The molecule has 1 aliphatic rings. The van der Waals surface area contributed by atoms with Crippen LogP contribution in [0, 0.1) is 0 Å². The lowest BCUT2D eigenvalue weighted by Gasteiger charge is -2.20. The maximum atomic E-state index is 12.6. The third-order valence-electron chi connectivity index (χ3n) is 5.04. The second-order valence-electron chi connectivity index (χ2n) is 8.32. The maximum Gasteiger partial charge on any atom is 0.446 e. The molecule has 17 heteroatoms. The summed E-state index contributed by atoms with van der Waals surface area (Å²) in [6.45, 7) is 0.187. The number of β-amino-alcohol motifs (C(OH)–C–C–N with tert-alkyl or cyclic N) is 1. The van der Waals surface area contributed by atoms with E-state index in [0.29, 0.717) is 18.2 Å². The highest BCUT2D eigenvalue weighted by atomic mass is 79.9. The van der Waals surface area contributed by atoms with Crippen molar-refractivity contribution in [1.82, 2.24) is 16.0 Å². The Morgan fingerprint density at radius 3 is 2.51 bits per heavy atom. The van der Waals surface area contributed by atoms with Gasteiger partial charge in [0.15, 0.2) is 5.96 Å². The second kappa shape index (κ2) is 15.2. The van der Waals surface area contributed by atoms with E-state index in [0.717, 1.165) is 0 Å². The molecule has 3 rings (SSSR count). The number of carboxylic acid groups (broad SMARTS) is 1. The van der Waals surface area contributed by atoms with Crippen LogP contribution >= 0.6 is 27.5 Å². The fourth-order valence-electron chi connectivity index (χ4n) is 3.26. The van der Waals surface area contributed by atoms with Crippen molar-refractivity contribution in [3.63, 3.8) is 0 Å². The van der Waals surface area contributed by atoms with Crippen LogP contribution in [0.25, 0.3) is 0 Å². The quantitative estimate of drug-likeness (QED) is 0.208. The first kappa shape index (κ1) is 33.3. The van der Waals surface area contributed by atoms with Crippen LogP contribution in [-0.2, 0) is 14.4 Å². The molecule has 0 fully saturated rings. The number of rotatable bonds is 8. The van der Waals surface area contributed by atoms with Gasteiger partial charge in [-0.15, -0.1) is 0 Å². The number of nitrogens with zero attached hydrogens (tertiary/aromatic N) is 1. The highest BCUT2D eigenvalue weighted by molar-refractivity contribution is 9.10. The highest BCUT2D eigenvalue weighted by Gasteiger charge is 2.25. The number of carbonyl (C=O) groups excluding carboxylic acids is 3. The lowest BCUT2D eigenvalue weighted by atomic mass is 10.0. The average Bonchev–Trinajstić information content (AvgIpc) is 2.90. The van der Waals surface area contributed by atoms with Crippen LogP contribution in [0.2, 0.25) is 5.02 Å². The van der Waals surface area contributed by atoms with Gasteiger partial charge in [0, 0.05) is 28.4 Å². The number of halogens is 5. The smallest absolute Gasteiger partial charge is 0.446 e. The largest absolute Gasteiger partial charge is 0.506 e. The molecule has 1 unspecified atom stereocenters. The van der Waals surface area contributed by atoms with Crippen molar-refractivity contribution >= 4 is 63.2 Å². The van der Waals surface area contributed by atoms with Crippen LogP contribution in [0.5, 0.6) is 5.75 Å². The Hall–Kier alpha value is -3.89. The summed E-state index contributed by atoms with van der Waals surface area (Å²) in [4.78, 5) is 49.2. The topological polar surface area (TPSA) is 189 Å². The number of aliphatic carboxylic acids is 1. The van der Waals surface area contributed by atoms with Crippen LogP contribution in [0.15, 0.2) is 45.9 Å². The number of anilines is 1. The van der Waals surface area contributed by atoms with Crippen molar-refractivity contribution in [2.75, 3.05) is 25.0 Å². The third kappa shape index (κ3) is 11.6. The number of hydrogen-bond donors (Lipinski definition) is 7. The zero-order valence-electron chi connectivity index (χ0n) is 20.8. The monoisotopic (exact) mass is 665 g/mol. The molecule has 2 aromatic rings. The van der Waals surface area contributed by atoms with E-state index in [1.165, 1.54) is 12.1 Å². The fraction of sp³-hybridized carbons (Fsp3) is 0.292. The Labute approximate surface area is 244 Å². The third-order valence-corrected chi connectivity index (χ3v) is 5.87.